The highest BCUT2D eigenvalue weighted by Gasteiger charge is 2.17. The summed E-state index contributed by atoms with van der Waals surface area (Å²) in [5.41, 5.74) is 3.25. The number of nitrogens with one attached hydrogen (secondary N) is 1. The van der Waals surface area contributed by atoms with Gasteiger partial charge in [0.15, 0.2) is 0 Å². The number of aromatic nitrogens is 1. The van der Waals surface area contributed by atoms with Gasteiger partial charge in [0.25, 0.3) is 0 Å². The maximum atomic E-state index is 11.6. The second-order valence-electron chi connectivity index (χ2n) is 4.32. The molecule has 0 unspecified atom stereocenters. The molecule has 0 bridgehead atoms. The van der Waals surface area contributed by atoms with E-state index in [1.54, 1.807) is 36.4 Å². The summed E-state index contributed by atoms with van der Waals surface area (Å²) in [6, 6.07) is 11.3. The summed E-state index contributed by atoms with van der Waals surface area (Å²) in [6.45, 7) is 0.0875. The summed E-state index contributed by atoms with van der Waals surface area (Å²) in [5, 5.41) is 9.72. The van der Waals surface area contributed by atoms with Gasteiger partial charge in [-0.25, -0.2) is 26.5 Å². The highest BCUT2D eigenvalue weighted by molar-refractivity contribution is 9.10. The molecule has 5 N–H and O–H groups in total. The molecule has 0 radical (unpaired) electrons. The summed E-state index contributed by atoms with van der Waals surface area (Å²) in [7, 11) is 0. The predicted octanol–water partition coefficient (Wildman–Crippen LogP) is 1.56. The van der Waals surface area contributed by atoms with Crippen molar-refractivity contribution < 1.29 is 9.53 Å². The lowest BCUT2D eigenvalue weighted by molar-refractivity contribution is 0.246. The normalized spacial score (nSPS) is 9.83. The molecule has 8 nitrogen and oxygen atoms in total. The maximum absolute atomic E-state index is 11.6. The standard InChI is InChI=1S/C14H13BrN6O2/c15-11-4-2-5-12(21(18)14(22)20-17)10(11)8-23-13-6-1-3-9(7-16)19-13/h1-6H,8,17-18H2,(H,20,22). The van der Waals surface area contributed by atoms with E-state index < -0.39 is 6.03 Å². The molecule has 23 heavy (non-hydrogen) atoms. The van der Waals surface area contributed by atoms with Gasteiger partial charge in [-0.2, -0.15) is 5.26 Å². The minimum absolute atomic E-state index is 0.0875. The maximum Gasteiger partial charge on any atom is 0.350 e. The van der Waals surface area contributed by atoms with E-state index in [4.69, 9.17) is 21.7 Å². The van der Waals surface area contributed by atoms with Crippen molar-refractivity contribution in [2.24, 2.45) is 11.7 Å². The van der Waals surface area contributed by atoms with Crippen molar-refractivity contribution in [3.8, 4) is 11.9 Å². The SMILES string of the molecule is N#Cc1cccc(OCc2c(Br)cccc2N(N)C(=O)NN)n1. The van der Waals surface area contributed by atoms with E-state index in [0.29, 0.717) is 15.7 Å². The zero-order valence-corrected chi connectivity index (χ0v) is 13.4. The van der Waals surface area contributed by atoms with Crippen LogP contribution in [0.5, 0.6) is 5.88 Å². The van der Waals surface area contributed by atoms with Crippen LogP contribution in [0.2, 0.25) is 0 Å². The van der Waals surface area contributed by atoms with Gasteiger partial charge in [0, 0.05) is 16.1 Å². The third-order valence-corrected chi connectivity index (χ3v) is 3.64. The number of nitrogens with two attached hydrogens (primary N) is 2. The number of anilines is 1. The highest BCUT2D eigenvalue weighted by atomic mass is 79.9. The van der Waals surface area contributed by atoms with E-state index in [1.807, 2.05) is 11.5 Å². The summed E-state index contributed by atoms with van der Waals surface area (Å²) in [6.07, 6.45) is 0. The van der Waals surface area contributed by atoms with Gasteiger partial charge in [-0.15, -0.1) is 0 Å². The minimum Gasteiger partial charge on any atom is -0.473 e. The molecule has 0 spiro atoms. The van der Waals surface area contributed by atoms with Crippen LogP contribution in [0.25, 0.3) is 0 Å². The number of nitriles is 1. The smallest absolute Gasteiger partial charge is 0.350 e. The van der Waals surface area contributed by atoms with Crippen LogP contribution in [-0.4, -0.2) is 11.0 Å². The fourth-order valence-electron chi connectivity index (χ4n) is 1.80. The second kappa shape index (κ2) is 7.55. The second-order valence-corrected chi connectivity index (χ2v) is 5.17. The van der Waals surface area contributed by atoms with Gasteiger partial charge < -0.3 is 4.74 Å². The molecular formula is C14H13BrN6O2. The average molecular weight is 377 g/mol. The molecule has 118 valence electrons. The van der Waals surface area contributed by atoms with Gasteiger partial charge in [0.05, 0.1) is 5.69 Å². The molecule has 0 aliphatic heterocycles. The first-order valence-electron chi connectivity index (χ1n) is 6.39. The fourth-order valence-corrected chi connectivity index (χ4v) is 2.27. The Balaban J connectivity index is 2.25. The third-order valence-electron chi connectivity index (χ3n) is 2.90. The summed E-state index contributed by atoms with van der Waals surface area (Å²) < 4.78 is 6.28. The van der Waals surface area contributed by atoms with Gasteiger partial charge in [-0.05, 0) is 18.2 Å². The van der Waals surface area contributed by atoms with Gasteiger partial charge >= 0.3 is 6.03 Å². The molecule has 9 heteroatoms. The van der Waals surface area contributed by atoms with Gasteiger partial charge in [-0.3, -0.25) is 5.43 Å². The lowest BCUT2D eigenvalue weighted by Gasteiger charge is -2.20. The van der Waals surface area contributed by atoms with E-state index >= 15 is 0 Å². The van der Waals surface area contributed by atoms with Crippen LogP contribution in [0, 0.1) is 11.3 Å². The molecular weight excluding hydrogens is 364 g/mol. The van der Waals surface area contributed by atoms with Crippen molar-refractivity contribution in [3.05, 3.63) is 52.1 Å². The molecule has 0 saturated carbocycles. The minimum atomic E-state index is -0.672. The largest absolute Gasteiger partial charge is 0.473 e. The Morgan fingerprint density at radius 3 is 2.83 bits per heavy atom. The van der Waals surface area contributed by atoms with Crippen LogP contribution in [0.1, 0.15) is 11.3 Å². The van der Waals surface area contributed by atoms with Crippen LogP contribution in [0.4, 0.5) is 10.5 Å². The Labute approximate surface area is 140 Å². The van der Waals surface area contributed by atoms with E-state index in [1.165, 1.54) is 0 Å². The molecule has 0 saturated heterocycles. The third kappa shape index (κ3) is 3.95. The number of carbonyl (C=O) groups excluding carboxylic acids is 1. The number of urea groups is 1. The van der Waals surface area contributed by atoms with E-state index in [2.05, 4.69) is 20.9 Å². The first kappa shape index (κ1) is 16.7. The van der Waals surface area contributed by atoms with Crippen molar-refractivity contribution in [2.45, 2.75) is 6.61 Å². The van der Waals surface area contributed by atoms with Crippen LogP contribution in [-0.2, 0) is 6.61 Å². The molecule has 0 atom stereocenters. The lowest BCUT2D eigenvalue weighted by atomic mass is 10.2. The number of pyridine rings is 1. The molecule has 1 aromatic carbocycles. The Bertz CT molecular complexity index is 761. The summed E-state index contributed by atoms with van der Waals surface area (Å²) in [4.78, 5) is 15.6. The molecule has 2 amide bonds. The number of nitrogens with zero attached hydrogens (tertiary/aromatic N) is 3. The van der Waals surface area contributed by atoms with Crippen LogP contribution in [0.3, 0.4) is 0 Å². The number of carbonyl (C=O) groups is 1. The average Bonchev–Trinajstić information content (AvgIpc) is 2.59. The fraction of sp³-hybridized carbons (Fsp3) is 0.0714. The van der Waals surface area contributed by atoms with Crippen LogP contribution < -0.4 is 26.9 Å². The lowest BCUT2D eigenvalue weighted by Crippen LogP contribution is -2.48. The monoisotopic (exact) mass is 376 g/mol. The Kier molecular flexibility index (Phi) is 5.48. The molecule has 2 rings (SSSR count). The number of hydrogen-bond acceptors (Lipinski definition) is 6. The van der Waals surface area contributed by atoms with Gasteiger partial charge in [0.1, 0.15) is 18.4 Å². The van der Waals surface area contributed by atoms with Crippen molar-refractivity contribution in [1.82, 2.24) is 10.4 Å². The van der Waals surface area contributed by atoms with Crippen LogP contribution >= 0.6 is 15.9 Å². The van der Waals surface area contributed by atoms with Gasteiger partial charge in [0.2, 0.25) is 5.88 Å². The van der Waals surface area contributed by atoms with Gasteiger partial charge in [-0.1, -0.05) is 28.1 Å². The molecule has 0 fully saturated rings. The van der Waals surface area contributed by atoms with Crippen molar-refractivity contribution >= 4 is 27.6 Å². The Morgan fingerprint density at radius 1 is 1.39 bits per heavy atom. The van der Waals surface area contributed by atoms with E-state index in [0.717, 1.165) is 5.01 Å². The number of halogens is 1. The van der Waals surface area contributed by atoms with Crippen molar-refractivity contribution in [2.75, 3.05) is 5.01 Å². The molecule has 1 heterocycles. The molecule has 0 aliphatic carbocycles. The quantitative estimate of drug-likeness (QED) is 0.421. The number of benzene rings is 1. The Morgan fingerprint density at radius 2 is 2.13 bits per heavy atom. The number of rotatable bonds is 4. The zero-order valence-electron chi connectivity index (χ0n) is 11.9. The molecule has 0 aliphatic rings. The summed E-state index contributed by atoms with van der Waals surface area (Å²) >= 11 is 3.39. The predicted molar refractivity (Wildman–Crippen MR) is 86.8 cm³/mol. The first-order valence-corrected chi connectivity index (χ1v) is 7.19. The number of ether oxygens (including phenoxy) is 1. The van der Waals surface area contributed by atoms with Crippen molar-refractivity contribution in [3.63, 3.8) is 0 Å². The first-order chi connectivity index (χ1) is 11.1. The molecule has 1 aromatic heterocycles. The molecule has 2 aromatic rings. The summed E-state index contributed by atoms with van der Waals surface area (Å²) in [5.74, 6) is 11.1. The van der Waals surface area contributed by atoms with Crippen LogP contribution in [0.15, 0.2) is 40.9 Å². The topological polar surface area (TPSA) is 130 Å². The number of hydrazine groups is 2. The number of hydrogen-bond donors (Lipinski definition) is 3. The van der Waals surface area contributed by atoms with Crippen molar-refractivity contribution in [1.29, 1.82) is 5.26 Å². The highest BCUT2D eigenvalue weighted by Crippen LogP contribution is 2.28. The number of amides is 2. The Hall–Kier alpha value is -2.67. The van der Waals surface area contributed by atoms with E-state index in [-0.39, 0.29) is 18.2 Å². The zero-order chi connectivity index (χ0) is 16.8. The van der Waals surface area contributed by atoms with E-state index in [9.17, 15) is 4.79 Å².